The summed E-state index contributed by atoms with van der Waals surface area (Å²) in [5.74, 6) is -0.126. The Morgan fingerprint density at radius 2 is 1.74 bits per heavy atom. The number of nitrogens with zero attached hydrogens (tertiary/aromatic N) is 2. The standard InChI is InChI=1S/C24H25N3O8S4/c28-21(9-5-4-8-17-10-11-36-37-17)25-19-14-18(38(30,31)32)12-15-13-20(39(33,34)35)23(24(29)22(15)19)27-26-16-6-2-1-3-7-16/h1-3,6-7,12-14,17,29H,4-5,8-11H2,(H,25,28)(H,30,31,32)(H,33,34,35). The van der Waals surface area contributed by atoms with E-state index in [0.29, 0.717) is 17.4 Å². The molecule has 1 aliphatic heterocycles. The van der Waals surface area contributed by atoms with Crippen molar-refractivity contribution in [3.8, 4) is 5.75 Å². The number of carbonyl (C=O) groups is 1. The van der Waals surface area contributed by atoms with Crippen molar-refractivity contribution in [3.05, 3.63) is 48.5 Å². The van der Waals surface area contributed by atoms with Crippen LogP contribution in [0.2, 0.25) is 0 Å². The second-order valence-corrected chi connectivity index (χ2v) is 14.3. The van der Waals surface area contributed by atoms with Gasteiger partial charge in [-0.25, -0.2) is 0 Å². The molecule has 0 aromatic heterocycles. The third kappa shape index (κ3) is 7.49. The zero-order valence-electron chi connectivity index (χ0n) is 20.3. The van der Waals surface area contributed by atoms with E-state index in [4.69, 9.17) is 0 Å². The molecule has 1 saturated heterocycles. The molecule has 1 atom stereocenters. The smallest absolute Gasteiger partial charge is 0.296 e. The molecule has 3 aromatic carbocycles. The van der Waals surface area contributed by atoms with Gasteiger partial charge in [0, 0.05) is 22.8 Å². The molecular formula is C24H25N3O8S4. The number of aromatic hydroxyl groups is 1. The summed E-state index contributed by atoms with van der Waals surface area (Å²) >= 11 is 0. The molecule has 3 aromatic rings. The number of hydrogen-bond acceptors (Lipinski definition) is 10. The van der Waals surface area contributed by atoms with Crippen LogP contribution < -0.4 is 5.32 Å². The van der Waals surface area contributed by atoms with Crippen LogP contribution in [0, 0.1) is 0 Å². The summed E-state index contributed by atoms with van der Waals surface area (Å²) in [6, 6.07) is 10.9. The number of nitrogens with one attached hydrogen (secondary N) is 1. The normalized spacial score (nSPS) is 16.2. The van der Waals surface area contributed by atoms with Gasteiger partial charge in [-0.3, -0.25) is 13.9 Å². The summed E-state index contributed by atoms with van der Waals surface area (Å²) in [5.41, 5.74) is -0.484. The van der Waals surface area contributed by atoms with E-state index in [-0.39, 0.29) is 22.9 Å². The van der Waals surface area contributed by atoms with Crippen LogP contribution >= 0.6 is 21.6 Å². The monoisotopic (exact) mass is 611 g/mol. The Morgan fingerprint density at radius 1 is 1.00 bits per heavy atom. The maximum atomic E-state index is 12.8. The van der Waals surface area contributed by atoms with Gasteiger partial charge in [-0.2, -0.15) is 21.9 Å². The van der Waals surface area contributed by atoms with Crippen molar-refractivity contribution in [1.82, 2.24) is 0 Å². The van der Waals surface area contributed by atoms with Gasteiger partial charge in [-0.15, -0.1) is 5.11 Å². The first-order valence-corrected chi connectivity index (χ1v) is 17.0. The third-order valence-electron chi connectivity index (χ3n) is 5.90. The van der Waals surface area contributed by atoms with Crippen molar-refractivity contribution in [2.45, 2.75) is 47.1 Å². The van der Waals surface area contributed by atoms with Crippen molar-refractivity contribution < 1.29 is 35.8 Å². The molecule has 208 valence electrons. The van der Waals surface area contributed by atoms with Crippen LogP contribution in [-0.2, 0) is 25.0 Å². The van der Waals surface area contributed by atoms with Crippen LogP contribution in [0.5, 0.6) is 5.75 Å². The summed E-state index contributed by atoms with van der Waals surface area (Å²) in [7, 11) is -6.08. The van der Waals surface area contributed by atoms with Crippen molar-refractivity contribution in [1.29, 1.82) is 0 Å². The number of anilines is 1. The molecule has 11 nitrogen and oxygen atoms in total. The summed E-state index contributed by atoms with van der Waals surface area (Å²) in [4.78, 5) is 11.3. The van der Waals surface area contributed by atoms with Crippen LogP contribution in [0.15, 0.2) is 68.6 Å². The number of amides is 1. The number of fused-ring (bicyclic) bond motifs is 1. The Hall–Kier alpha value is -2.69. The molecule has 0 saturated carbocycles. The van der Waals surface area contributed by atoms with E-state index < -0.39 is 47.4 Å². The Bertz CT molecular complexity index is 1620. The number of hydrogen-bond donors (Lipinski definition) is 4. The molecule has 39 heavy (non-hydrogen) atoms. The highest BCUT2D eigenvalue weighted by Gasteiger charge is 2.26. The Labute approximate surface area is 233 Å². The minimum Gasteiger partial charge on any atom is -0.505 e. The first-order chi connectivity index (χ1) is 18.4. The average Bonchev–Trinajstić information content (AvgIpc) is 3.39. The zero-order chi connectivity index (χ0) is 28.2. The van der Waals surface area contributed by atoms with E-state index in [9.17, 15) is 35.8 Å². The van der Waals surface area contributed by atoms with Crippen LogP contribution in [0.25, 0.3) is 10.8 Å². The van der Waals surface area contributed by atoms with Gasteiger partial charge < -0.3 is 10.4 Å². The van der Waals surface area contributed by atoms with Crippen molar-refractivity contribution in [2.24, 2.45) is 10.2 Å². The summed E-state index contributed by atoms with van der Waals surface area (Å²) < 4.78 is 67.6. The lowest BCUT2D eigenvalue weighted by Crippen LogP contribution is -2.13. The first-order valence-electron chi connectivity index (χ1n) is 11.8. The highest BCUT2D eigenvalue weighted by atomic mass is 33.1. The minimum absolute atomic E-state index is 0.118. The molecule has 4 N–H and O–H groups in total. The summed E-state index contributed by atoms with van der Waals surface area (Å²) in [6.07, 6.45) is 3.63. The fourth-order valence-electron chi connectivity index (χ4n) is 4.04. The summed E-state index contributed by atoms with van der Waals surface area (Å²) in [6.45, 7) is 0. The molecule has 15 heteroatoms. The molecule has 4 rings (SSSR count). The SMILES string of the molecule is O=C(CCCCC1CCSS1)Nc1cc(S(=O)(=O)O)cc2cc(S(=O)(=O)O)c(N=Nc3ccccc3)c(O)c12. The topological polar surface area (TPSA) is 183 Å². The number of rotatable bonds is 10. The number of benzene rings is 3. The Morgan fingerprint density at radius 3 is 2.38 bits per heavy atom. The lowest BCUT2D eigenvalue weighted by molar-refractivity contribution is -0.116. The Balaban J connectivity index is 1.74. The van der Waals surface area contributed by atoms with Gasteiger partial charge in [0.1, 0.15) is 10.6 Å². The Kier molecular flexibility index (Phi) is 9.18. The second-order valence-electron chi connectivity index (χ2n) is 8.75. The van der Waals surface area contributed by atoms with Gasteiger partial charge in [0.2, 0.25) is 5.91 Å². The van der Waals surface area contributed by atoms with Crippen molar-refractivity contribution in [2.75, 3.05) is 11.1 Å². The fraction of sp³-hybridized carbons (Fsp3) is 0.292. The van der Waals surface area contributed by atoms with E-state index in [1.807, 2.05) is 21.6 Å². The van der Waals surface area contributed by atoms with Crippen molar-refractivity contribution >= 4 is 75.6 Å². The van der Waals surface area contributed by atoms with Crippen LogP contribution in [-0.4, -0.2) is 48.0 Å². The molecule has 0 radical (unpaired) electrons. The van der Waals surface area contributed by atoms with E-state index >= 15 is 0 Å². The molecule has 1 fully saturated rings. The van der Waals surface area contributed by atoms with Crippen LogP contribution in [0.3, 0.4) is 0 Å². The molecule has 0 aliphatic carbocycles. The molecular weight excluding hydrogens is 587 g/mol. The highest BCUT2D eigenvalue weighted by molar-refractivity contribution is 8.77. The van der Waals surface area contributed by atoms with Crippen LogP contribution in [0.1, 0.15) is 32.1 Å². The fourth-order valence-corrected chi connectivity index (χ4v) is 8.27. The molecule has 1 amide bonds. The predicted octanol–water partition coefficient (Wildman–Crippen LogP) is 6.11. The lowest BCUT2D eigenvalue weighted by atomic mass is 10.1. The molecule has 1 aliphatic rings. The van der Waals surface area contributed by atoms with E-state index in [1.54, 1.807) is 30.3 Å². The van der Waals surface area contributed by atoms with E-state index in [1.165, 1.54) is 0 Å². The quantitative estimate of drug-likeness (QED) is 0.0903. The minimum atomic E-state index is -4.97. The van der Waals surface area contributed by atoms with Gasteiger partial charge in [0.15, 0.2) is 5.75 Å². The van der Waals surface area contributed by atoms with Crippen LogP contribution in [0.4, 0.5) is 17.1 Å². The summed E-state index contributed by atoms with van der Waals surface area (Å²) in [5, 5.41) is 21.6. The van der Waals surface area contributed by atoms with Crippen molar-refractivity contribution in [3.63, 3.8) is 0 Å². The van der Waals surface area contributed by atoms with E-state index in [0.717, 1.165) is 43.2 Å². The van der Waals surface area contributed by atoms with Gasteiger partial charge in [-0.05, 0) is 55.0 Å². The van der Waals surface area contributed by atoms with Gasteiger partial charge in [0.25, 0.3) is 20.2 Å². The number of carbonyl (C=O) groups excluding carboxylic acids is 1. The highest BCUT2D eigenvalue weighted by Crippen LogP contribution is 2.45. The van der Waals surface area contributed by atoms with Gasteiger partial charge in [-0.1, -0.05) is 46.2 Å². The van der Waals surface area contributed by atoms with E-state index in [2.05, 4.69) is 15.5 Å². The third-order valence-corrected chi connectivity index (χ3v) is 10.6. The predicted molar refractivity (Wildman–Crippen MR) is 151 cm³/mol. The largest absolute Gasteiger partial charge is 0.505 e. The van der Waals surface area contributed by atoms with Gasteiger partial charge >= 0.3 is 0 Å². The molecule has 1 heterocycles. The first kappa shape index (κ1) is 29.3. The number of azo groups is 1. The maximum Gasteiger partial charge on any atom is 0.296 e. The molecule has 0 spiro atoms. The zero-order valence-corrected chi connectivity index (χ0v) is 23.6. The number of phenolic OH excluding ortho intramolecular Hbond substituents is 1. The number of unbranched alkanes of at least 4 members (excludes halogenated alkanes) is 1. The second kappa shape index (κ2) is 12.2. The number of phenols is 1. The molecule has 0 bridgehead atoms. The van der Waals surface area contributed by atoms with Gasteiger partial charge in [0.05, 0.1) is 16.3 Å². The maximum absolute atomic E-state index is 12.8. The lowest BCUT2D eigenvalue weighted by Gasteiger charge is -2.15. The average molecular weight is 612 g/mol. The molecule has 1 unspecified atom stereocenters.